The van der Waals surface area contributed by atoms with Crippen molar-refractivity contribution in [3.05, 3.63) is 12.4 Å². The third kappa shape index (κ3) is 18.3. The minimum Gasteiger partial charge on any atom is -0.356 e. The molecule has 1 atom stereocenters. The molecule has 0 aromatic heterocycles. The number of hydrogen-bond acceptors (Lipinski definition) is 2. The Kier molecular flexibility index (Phi) is 23.1. The van der Waals surface area contributed by atoms with E-state index >= 15 is 0 Å². The van der Waals surface area contributed by atoms with Gasteiger partial charge >= 0.3 is 0 Å². The largest absolute Gasteiger partial charge is 0.356 e. The summed E-state index contributed by atoms with van der Waals surface area (Å²) in [5.74, 6) is 0. The zero-order chi connectivity index (χ0) is 25.2. The molecule has 2 nitrogen and oxygen atoms in total. The van der Waals surface area contributed by atoms with E-state index in [1.54, 1.807) is 0 Å². The first-order chi connectivity index (χ1) is 17.3. The molecule has 0 amide bonds. The summed E-state index contributed by atoms with van der Waals surface area (Å²) < 4.78 is 0. The number of unbranched alkanes of at least 4 members (excludes halogenated alkanes) is 21. The monoisotopic (exact) mass is 491 g/mol. The minimum atomic E-state index is 0.643. The van der Waals surface area contributed by atoms with Crippen LogP contribution in [0.5, 0.6) is 0 Å². The summed E-state index contributed by atoms with van der Waals surface area (Å²) >= 11 is 0. The molecule has 1 heterocycles. The van der Waals surface area contributed by atoms with Crippen molar-refractivity contribution in [1.82, 2.24) is 9.80 Å². The molecule has 1 aliphatic rings. The van der Waals surface area contributed by atoms with Crippen LogP contribution in [0.15, 0.2) is 12.4 Å². The average Bonchev–Trinajstić information content (AvgIpc) is 3.25. The van der Waals surface area contributed by atoms with Crippen LogP contribution in [0, 0.1) is 0 Å². The topological polar surface area (TPSA) is 6.48 Å². The fourth-order valence-corrected chi connectivity index (χ4v) is 5.66. The lowest BCUT2D eigenvalue weighted by molar-refractivity contribution is 0.135. The van der Waals surface area contributed by atoms with Crippen molar-refractivity contribution in [2.24, 2.45) is 0 Å². The van der Waals surface area contributed by atoms with Crippen LogP contribution in [-0.4, -0.2) is 29.1 Å². The first kappa shape index (κ1) is 32.4. The Morgan fingerprint density at radius 1 is 0.371 bits per heavy atom. The Labute approximate surface area is 222 Å². The van der Waals surface area contributed by atoms with Crippen molar-refractivity contribution in [1.29, 1.82) is 0 Å². The molecule has 0 aromatic carbocycles. The predicted octanol–water partition coefficient (Wildman–Crippen LogP) is 11.2. The summed E-state index contributed by atoms with van der Waals surface area (Å²) in [4.78, 5) is 5.37. The van der Waals surface area contributed by atoms with Gasteiger partial charge in [0.2, 0.25) is 0 Å². The van der Waals surface area contributed by atoms with E-state index in [1.165, 1.54) is 174 Å². The molecule has 0 aliphatic carbocycles. The maximum atomic E-state index is 2.69. The lowest BCUT2D eigenvalue weighted by atomic mass is 10.0. The number of nitrogens with zero attached hydrogens (tertiary/aromatic N) is 2. The third-order valence-electron chi connectivity index (χ3n) is 8.07. The van der Waals surface area contributed by atoms with E-state index < -0.39 is 0 Å². The van der Waals surface area contributed by atoms with E-state index in [2.05, 4.69) is 43.0 Å². The molecule has 0 spiro atoms. The molecule has 1 aliphatic heterocycles. The van der Waals surface area contributed by atoms with Gasteiger partial charge in [0.05, 0.1) is 0 Å². The smallest absolute Gasteiger partial charge is 0.101 e. The highest BCUT2D eigenvalue weighted by atomic mass is 15.4. The van der Waals surface area contributed by atoms with Gasteiger partial charge in [-0.1, -0.05) is 156 Å². The van der Waals surface area contributed by atoms with Crippen LogP contribution in [0.1, 0.15) is 181 Å². The summed E-state index contributed by atoms with van der Waals surface area (Å²) in [6.07, 6.45) is 41.0. The van der Waals surface area contributed by atoms with Gasteiger partial charge in [-0.15, -0.1) is 0 Å². The Hall–Kier alpha value is -0.660. The van der Waals surface area contributed by atoms with Gasteiger partial charge in [-0.25, -0.2) is 0 Å². The highest BCUT2D eigenvalue weighted by molar-refractivity contribution is 4.97. The van der Waals surface area contributed by atoms with Gasteiger partial charge in [0.1, 0.15) is 6.17 Å². The van der Waals surface area contributed by atoms with Crippen molar-refractivity contribution in [3.63, 3.8) is 0 Å². The zero-order valence-electron chi connectivity index (χ0n) is 24.7. The fraction of sp³-hybridized carbons (Fsp3) is 0.939. The van der Waals surface area contributed by atoms with Gasteiger partial charge in [-0.3, -0.25) is 0 Å². The first-order valence-corrected chi connectivity index (χ1v) is 16.5. The van der Waals surface area contributed by atoms with Gasteiger partial charge in [-0.2, -0.15) is 0 Å². The maximum absolute atomic E-state index is 2.69. The van der Waals surface area contributed by atoms with E-state index in [0.29, 0.717) is 6.17 Å². The molecular weight excluding hydrogens is 424 g/mol. The van der Waals surface area contributed by atoms with E-state index in [9.17, 15) is 0 Å². The van der Waals surface area contributed by atoms with Crippen LogP contribution in [0.4, 0.5) is 0 Å². The SMILES string of the molecule is CCCCCCCCCCCCCCN1C=CN(CCCCCC)C1CCCCCCCCCC. The van der Waals surface area contributed by atoms with Crippen molar-refractivity contribution >= 4 is 0 Å². The fourth-order valence-electron chi connectivity index (χ4n) is 5.66. The normalized spacial score (nSPS) is 15.6. The standard InChI is InChI=1S/C33H66N2/c1-4-7-10-13-15-17-18-19-20-22-24-27-30-35-32-31-34(29-26-12-9-6-3)33(35)28-25-23-21-16-14-11-8-5-2/h31-33H,4-30H2,1-3H3. The van der Waals surface area contributed by atoms with Crippen molar-refractivity contribution in [2.45, 2.75) is 187 Å². The summed E-state index contributed by atoms with van der Waals surface area (Å²) in [6.45, 7) is 9.46. The van der Waals surface area contributed by atoms with Gasteiger partial charge in [0.25, 0.3) is 0 Å². The van der Waals surface area contributed by atoms with Crippen LogP contribution < -0.4 is 0 Å². The van der Waals surface area contributed by atoms with Gasteiger partial charge < -0.3 is 9.80 Å². The summed E-state index contributed by atoms with van der Waals surface area (Å²) in [5, 5.41) is 0. The number of rotatable bonds is 27. The second-order valence-corrected chi connectivity index (χ2v) is 11.5. The average molecular weight is 491 g/mol. The van der Waals surface area contributed by atoms with Gasteiger partial charge in [-0.05, 0) is 25.7 Å². The lowest BCUT2D eigenvalue weighted by Gasteiger charge is -2.33. The van der Waals surface area contributed by atoms with E-state index in [0.717, 1.165) is 0 Å². The van der Waals surface area contributed by atoms with E-state index in [4.69, 9.17) is 0 Å². The van der Waals surface area contributed by atoms with E-state index in [-0.39, 0.29) is 0 Å². The van der Waals surface area contributed by atoms with Crippen LogP contribution in [-0.2, 0) is 0 Å². The summed E-state index contributed by atoms with van der Waals surface area (Å²) in [6, 6.07) is 0. The predicted molar refractivity (Wildman–Crippen MR) is 159 cm³/mol. The van der Waals surface area contributed by atoms with Crippen LogP contribution in [0.2, 0.25) is 0 Å². The second-order valence-electron chi connectivity index (χ2n) is 11.5. The maximum Gasteiger partial charge on any atom is 0.101 e. The third-order valence-corrected chi connectivity index (χ3v) is 8.07. The zero-order valence-corrected chi connectivity index (χ0v) is 24.7. The molecule has 0 N–H and O–H groups in total. The van der Waals surface area contributed by atoms with Crippen LogP contribution >= 0.6 is 0 Å². The Morgan fingerprint density at radius 3 is 1.03 bits per heavy atom. The molecule has 0 fully saturated rings. The molecule has 1 unspecified atom stereocenters. The molecular formula is C33H66N2. The Balaban J connectivity index is 2.17. The second kappa shape index (κ2) is 25.0. The Morgan fingerprint density at radius 2 is 0.657 bits per heavy atom. The molecule has 208 valence electrons. The molecule has 0 saturated heterocycles. The first-order valence-electron chi connectivity index (χ1n) is 16.5. The van der Waals surface area contributed by atoms with Crippen molar-refractivity contribution in [2.75, 3.05) is 13.1 Å². The minimum absolute atomic E-state index is 0.643. The quantitative estimate of drug-likeness (QED) is 0.106. The molecule has 0 aromatic rings. The van der Waals surface area contributed by atoms with Gasteiger partial charge in [0.15, 0.2) is 0 Å². The van der Waals surface area contributed by atoms with E-state index in [1.807, 2.05) is 0 Å². The molecule has 0 saturated carbocycles. The highest BCUT2D eigenvalue weighted by Crippen LogP contribution is 2.24. The lowest BCUT2D eigenvalue weighted by Crippen LogP contribution is -2.39. The van der Waals surface area contributed by atoms with Crippen LogP contribution in [0.25, 0.3) is 0 Å². The van der Waals surface area contributed by atoms with Crippen molar-refractivity contribution in [3.8, 4) is 0 Å². The van der Waals surface area contributed by atoms with Gasteiger partial charge in [0, 0.05) is 25.5 Å². The molecule has 0 radical (unpaired) electrons. The number of hydrogen-bond donors (Lipinski definition) is 0. The Bertz CT molecular complexity index is 446. The summed E-state index contributed by atoms with van der Waals surface area (Å²) in [7, 11) is 0. The van der Waals surface area contributed by atoms with Crippen molar-refractivity contribution < 1.29 is 0 Å². The van der Waals surface area contributed by atoms with Crippen LogP contribution in [0.3, 0.4) is 0 Å². The highest BCUT2D eigenvalue weighted by Gasteiger charge is 2.24. The molecule has 0 bridgehead atoms. The molecule has 35 heavy (non-hydrogen) atoms. The molecule has 2 heteroatoms. The summed E-state index contributed by atoms with van der Waals surface area (Å²) in [5.41, 5.74) is 0. The molecule has 1 rings (SSSR count).